The molecule has 2 aliphatic carbocycles. The summed E-state index contributed by atoms with van der Waals surface area (Å²) in [6, 6.07) is 16.9. The Bertz CT molecular complexity index is 977. The van der Waals surface area contributed by atoms with Crippen LogP contribution in [-0.2, 0) is 24.4 Å². The van der Waals surface area contributed by atoms with Gasteiger partial charge in [-0.3, -0.25) is 10.3 Å². The van der Waals surface area contributed by atoms with Crippen LogP contribution in [0.15, 0.2) is 48.7 Å². The lowest BCUT2D eigenvalue weighted by Crippen LogP contribution is -2.38. The maximum Gasteiger partial charge on any atom is 0.137 e. The zero-order chi connectivity index (χ0) is 28.7. The molecule has 2 unspecified atom stereocenters. The molecular weight excluding hydrogens is 520 g/mol. The number of ether oxygens (including phenoxy) is 1. The fourth-order valence-corrected chi connectivity index (χ4v) is 6.70. The van der Waals surface area contributed by atoms with Gasteiger partial charge in [-0.05, 0) is 87.8 Å². The van der Waals surface area contributed by atoms with Crippen molar-refractivity contribution in [1.82, 2.24) is 31.6 Å². The Morgan fingerprint density at radius 1 is 0.690 bits per heavy atom. The minimum atomic E-state index is 0.112. The number of rotatable bonds is 19. The molecule has 1 saturated heterocycles. The fourth-order valence-electron chi connectivity index (χ4n) is 6.70. The molecule has 42 heavy (non-hydrogen) atoms. The lowest BCUT2D eigenvalue weighted by atomic mass is 9.95. The second kappa shape index (κ2) is 18.1. The van der Waals surface area contributed by atoms with Crippen LogP contribution in [0.3, 0.4) is 0 Å². The second-order valence-corrected chi connectivity index (χ2v) is 12.8. The molecule has 1 aliphatic heterocycles. The molecule has 1 aromatic heterocycles. The van der Waals surface area contributed by atoms with Crippen molar-refractivity contribution < 1.29 is 4.74 Å². The number of hydrogen-bond donors (Lipinski definition) is 5. The van der Waals surface area contributed by atoms with Gasteiger partial charge in [-0.25, -0.2) is 0 Å². The quantitative estimate of drug-likeness (QED) is 0.117. The molecule has 5 rings (SSSR count). The van der Waals surface area contributed by atoms with Gasteiger partial charge in [0.2, 0.25) is 0 Å². The van der Waals surface area contributed by atoms with Crippen LogP contribution in [0.5, 0.6) is 0 Å². The summed E-state index contributed by atoms with van der Waals surface area (Å²) in [6.45, 7) is 5.83. The number of pyridine rings is 1. The molecule has 0 amide bonds. The molecule has 0 bridgehead atoms. The number of hydrogen-bond acceptors (Lipinski definition) is 7. The van der Waals surface area contributed by atoms with E-state index in [0.29, 0.717) is 6.04 Å². The van der Waals surface area contributed by atoms with E-state index in [2.05, 4.69) is 68.0 Å². The van der Waals surface area contributed by atoms with Crippen molar-refractivity contribution in [2.45, 2.75) is 134 Å². The molecule has 1 aromatic carbocycles. The van der Waals surface area contributed by atoms with E-state index in [1.807, 2.05) is 12.3 Å². The predicted octanol–water partition coefficient (Wildman–Crippen LogP) is 5.16. The number of nitrogens with zero attached hydrogens (tertiary/aromatic N) is 1. The molecule has 5 N–H and O–H groups in total. The molecule has 0 spiro atoms. The van der Waals surface area contributed by atoms with Gasteiger partial charge in [-0.15, -0.1) is 0 Å². The number of epoxide rings is 1. The topological polar surface area (TPSA) is 85.6 Å². The monoisotopic (exact) mass is 576 g/mol. The summed E-state index contributed by atoms with van der Waals surface area (Å²) < 4.78 is 6.15. The Kier molecular flexibility index (Phi) is 13.6. The Hall–Kier alpha value is -1.87. The van der Waals surface area contributed by atoms with Crippen LogP contribution in [0.1, 0.15) is 100 Å². The van der Waals surface area contributed by atoms with Gasteiger partial charge in [-0.1, -0.05) is 68.9 Å². The zero-order valence-corrected chi connectivity index (χ0v) is 25.8. The van der Waals surface area contributed by atoms with Crippen molar-refractivity contribution in [2.75, 3.05) is 19.6 Å². The first-order chi connectivity index (χ1) is 20.8. The molecule has 7 nitrogen and oxygen atoms in total. The first-order valence-corrected chi connectivity index (χ1v) is 17.1. The van der Waals surface area contributed by atoms with E-state index < -0.39 is 0 Å². The van der Waals surface area contributed by atoms with E-state index >= 15 is 0 Å². The molecule has 2 saturated carbocycles. The average molecular weight is 577 g/mol. The van der Waals surface area contributed by atoms with Gasteiger partial charge < -0.3 is 26.0 Å². The highest BCUT2D eigenvalue weighted by Crippen LogP contribution is 2.27. The van der Waals surface area contributed by atoms with Gasteiger partial charge in [-0.2, -0.15) is 0 Å². The Balaban J connectivity index is 0.974. The first-order valence-electron chi connectivity index (χ1n) is 17.1. The van der Waals surface area contributed by atoms with Gasteiger partial charge in [0.15, 0.2) is 0 Å². The number of aromatic nitrogens is 1. The van der Waals surface area contributed by atoms with E-state index in [1.165, 1.54) is 81.8 Å². The van der Waals surface area contributed by atoms with Crippen LogP contribution >= 0.6 is 0 Å². The molecule has 2 heterocycles. The fraction of sp³-hybridized carbons (Fsp3) is 0.686. The maximum absolute atomic E-state index is 6.15. The lowest BCUT2D eigenvalue weighted by Gasteiger charge is -2.23. The summed E-state index contributed by atoms with van der Waals surface area (Å²) in [7, 11) is 0. The Morgan fingerprint density at radius 3 is 2.02 bits per heavy atom. The highest BCUT2D eigenvalue weighted by atomic mass is 16.6. The van der Waals surface area contributed by atoms with Gasteiger partial charge in [0.25, 0.3) is 0 Å². The molecule has 3 fully saturated rings. The third kappa shape index (κ3) is 11.3. The summed E-state index contributed by atoms with van der Waals surface area (Å²) in [5.74, 6) is 0. The summed E-state index contributed by atoms with van der Waals surface area (Å²) in [5, 5.41) is 18.5. The van der Waals surface area contributed by atoms with Crippen molar-refractivity contribution in [2.24, 2.45) is 0 Å². The normalized spacial score (nSPS) is 22.3. The lowest BCUT2D eigenvalue weighted by molar-refractivity contribution is 0.299. The minimum absolute atomic E-state index is 0.112. The molecule has 232 valence electrons. The minimum Gasteiger partial charge on any atom is -0.352 e. The van der Waals surface area contributed by atoms with Gasteiger partial charge in [0.1, 0.15) is 12.3 Å². The molecule has 2 aromatic rings. The van der Waals surface area contributed by atoms with Gasteiger partial charge in [0.05, 0.1) is 5.69 Å². The summed E-state index contributed by atoms with van der Waals surface area (Å²) in [4.78, 5) is 4.50. The number of nitrogens with one attached hydrogen (secondary N) is 5. The van der Waals surface area contributed by atoms with Crippen LogP contribution in [0, 0.1) is 0 Å². The van der Waals surface area contributed by atoms with Gasteiger partial charge >= 0.3 is 0 Å². The molecule has 7 heteroatoms. The van der Waals surface area contributed by atoms with Crippen molar-refractivity contribution >= 4 is 0 Å². The summed E-state index contributed by atoms with van der Waals surface area (Å²) >= 11 is 0. The van der Waals surface area contributed by atoms with Crippen LogP contribution < -0.4 is 26.6 Å². The highest BCUT2D eigenvalue weighted by molar-refractivity contribution is 5.22. The Morgan fingerprint density at radius 2 is 1.36 bits per heavy atom. The Labute approximate surface area is 254 Å². The highest BCUT2D eigenvalue weighted by Gasteiger charge is 2.44. The summed E-state index contributed by atoms with van der Waals surface area (Å²) in [5.41, 5.74) is 3.73. The van der Waals surface area contributed by atoms with Crippen LogP contribution in [0.2, 0.25) is 0 Å². The zero-order valence-electron chi connectivity index (χ0n) is 25.8. The molecule has 3 atom stereocenters. The van der Waals surface area contributed by atoms with E-state index in [4.69, 9.17) is 4.74 Å². The van der Waals surface area contributed by atoms with Gasteiger partial charge in [0, 0.05) is 44.0 Å². The SMILES string of the molecule is c1ccc(CN[C@@H](CCCNC2CCCCC2)C2OC2NCc2ccc(CNCCCNC3CCCCC3)cc2)nc1. The average Bonchev–Trinajstić information content (AvgIpc) is 3.83. The number of benzene rings is 1. The smallest absolute Gasteiger partial charge is 0.137 e. The van der Waals surface area contributed by atoms with Crippen molar-refractivity contribution in [1.29, 1.82) is 0 Å². The summed E-state index contributed by atoms with van der Waals surface area (Å²) in [6.07, 6.45) is 19.5. The predicted molar refractivity (Wildman–Crippen MR) is 172 cm³/mol. The van der Waals surface area contributed by atoms with Crippen molar-refractivity contribution in [3.8, 4) is 0 Å². The van der Waals surface area contributed by atoms with Crippen LogP contribution in [0.25, 0.3) is 0 Å². The van der Waals surface area contributed by atoms with E-state index in [1.54, 1.807) is 0 Å². The van der Waals surface area contributed by atoms with Crippen molar-refractivity contribution in [3.63, 3.8) is 0 Å². The third-order valence-corrected chi connectivity index (χ3v) is 9.35. The van der Waals surface area contributed by atoms with Crippen molar-refractivity contribution in [3.05, 3.63) is 65.5 Å². The second-order valence-electron chi connectivity index (χ2n) is 12.8. The molecule has 3 aliphatic rings. The maximum atomic E-state index is 6.15. The first kappa shape index (κ1) is 31.6. The third-order valence-electron chi connectivity index (χ3n) is 9.35. The molecule has 0 radical (unpaired) electrons. The van der Waals surface area contributed by atoms with E-state index in [-0.39, 0.29) is 12.3 Å². The van der Waals surface area contributed by atoms with Crippen LogP contribution in [-0.4, -0.2) is 55.1 Å². The van der Waals surface area contributed by atoms with E-state index in [9.17, 15) is 0 Å². The standard InChI is InChI=1S/C35H56N6O/c1-3-11-30(12-4-1)37-23-9-16-33(40-27-32-15-7-8-22-39-32)34-35(42-34)41-26-29-19-17-28(18-20-29)25-36-21-10-24-38-31-13-5-2-6-14-31/h7-8,15,17-20,22,30-31,33-38,40-41H,1-6,9-14,16,21,23-27H2/t33-,34?,35?/m0/s1. The van der Waals surface area contributed by atoms with E-state index in [0.717, 1.165) is 69.9 Å². The van der Waals surface area contributed by atoms with Crippen LogP contribution in [0.4, 0.5) is 0 Å². The molecular formula is C35H56N6O. The largest absolute Gasteiger partial charge is 0.352 e.